The predicted octanol–water partition coefficient (Wildman–Crippen LogP) is 4.93. The summed E-state index contributed by atoms with van der Waals surface area (Å²) in [6, 6.07) is 19.9. The normalized spacial score (nSPS) is 11.1. The van der Waals surface area contributed by atoms with E-state index in [4.69, 9.17) is 14.2 Å². The number of nitriles is 1. The van der Waals surface area contributed by atoms with Crippen molar-refractivity contribution in [3.05, 3.63) is 65.7 Å². The molecule has 0 aliphatic heterocycles. The van der Waals surface area contributed by atoms with E-state index in [9.17, 15) is 5.26 Å². The van der Waals surface area contributed by atoms with Crippen molar-refractivity contribution in [3.8, 4) is 23.3 Å². The molecule has 0 saturated carbocycles. The highest BCUT2D eigenvalue weighted by atomic mass is 16.5. The fraction of sp³-hybridized carbons (Fsp3) is 0.136. The van der Waals surface area contributed by atoms with E-state index < -0.39 is 0 Å². The number of ether oxygens (including phenoxy) is 3. The summed E-state index contributed by atoms with van der Waals surface area (Å²) in [7, 11) is 4.73. The summed E-state index contributed by atoms with van der Waals surface area (Å²) in [4.78, 5) is 0. The molecule has 0 spiro atoms. The molecule has 0 saturated heterocycles. The SMILES string of the molecule is COc1cc(OC)c(OC)cc1/C=C(/C#N)c1ccc2ccccc2c1. The van der Waals surface area contributed by atoms with Gasteiger partial charge in [-0.25, -0.2) is 0 Å². The molecule has 3 rings (SSSR count). The quantitative estimate of drug-likeness (QED) is 0.486. The van der Waals surface area contributed by atoms with Crippen LogP contribution in [-0.2, 0) is 0 Å². The van der Waals surface area contributed by atoms with Gasteiger partial charge in [0, 0.05) is 11.6 Å². The van der Waals surface area contributed by atoms with Gasteiger partial charge >= 0.3 is 0 Å². The van der Waals surface area contributed by atoms with Crippen LogP contribution < -0.4 is 14.2 Å². The van der Waals surface area contributed by atoms with Crippen LogP contribution in [0.3, 0.4) is 0 Å². The van der Waals surface area contributed by atoms with Crippen molar-refractivity contribution in [3.63, 3.8) is 0 Å². The van der Waals surface area contributed by atoms with Crippen molar-refractivity contribution < 1.29 is 14.2 Å². The van der Waals surface area contributed by atoms with Crippen molar-refractivity contribution in [2.45, 2.75) is 0 Å². The zero-order valence-corrected chi connectivity index (χ0v) is 14.9. The molecule has 0 N–H and O–H groups in total. The molecular weight excluding hydrogens is 326 g/mol. The maximum Gasteiger partial charge on any atom is 0.164 e. The zero-order valence-electron chi connectivity index (χ0n) is 14.9. The van der Waals surface area contributed by atoms with Crippen LogP contribution in [0.15, 0.2) is 54.6 Å². The third-order valence-corrected chi connectivity index (χ3v) is 4.22. The van der Waals surface area contributed by atoms with Gasteiger partial charge in [0.1, 0.15) is 5.75 Å². The molecule has 0 bridgehead atoms. The van der Waals surface area contributed by atoms with Crippen molar-refractivity contribution >= 4 is 22.4 Å². The van der Waals surface area contributed by atoms with Crippen LogP contribution in [0.4, 0.5) is 0 Å². The van der Waals surface area contributed by atoms with Crippen LogP contribution >= 0.6 is 0 Å². The molecule has 130 valence electrons. The minimum absolute atomic E-state index is 0.543. The molecule has 3 aromatic rings. The molecule has 4 heteroatoms. The van der Waals surface area contributed by atoms with Crippen LogP contribution in [0.5, 0.6) is 17.2 Å². The highest BCUT2D eigenvalue weighted by Crippen LogP contribution is 2.36. The Morgan fingerprint density at radius 2 is 1.46 bits per heavy atom. The molecule has 0 amide bonds. The van der Waals surface area contributed by atoms with Crippen molar-refractivity contribution in [2.75, 3.05) is 21.3 Å². The summed E-state index contributed by atoms with van der Waals surface area (Å²) in [6.07, 6.45) is 1.80. The molecule has 0 atom stereocenters. The van der Waals surface area contributed by atoms with Crippen molar-refractivity contribution in [1.82, 2.24) is 0 Å². The monoisotopic (exact) mass is 345 g/mol. The van der Waals surface area contributed by atoms with Gasteiger partial charge < -0.3 is 14.2 Å². The van der Waals surface area contributed by atoms with Crippen LogP contribution in [0, 0.1) is 11.3 Å². The van der Waals surface area contributed by atoms with Crippen molar-refractivity contribution in [1.29, 1.82) is 5.26 Å². The highest BCUT2D eigenvalue weighted by Gasteiger charge is 2.12. The molecule has 0 aliphatic carbocycles. The Kier molecular flexibility index (Phi) is 5.09. The number of methoxy groups -OCH3 is 3. The maximum absolute atomic E-state index is 9.69. The third-order valence-electron chi connectivity index (χ3n) is 4.22. The maximum atomic E-state index is 9.69. The zero-order chi connectivity index (χ0) is 18.5. The Bertz CT molecular complexity index is 1020. The fourth-order valence-electron chi connectivity index (χ4n) is 2.86. The van der Waals surface area contributed by atoms with Gasteiger partial charge in [-0.05, 0) is 34.5 Å². The second-order valence-corrected chi connectivity index (χ2v) is 5.68. The average molecular weight is 345 g/mol. The third kappa shape index (κ3) is 3.33. The number of hydrogen-bond acceptors (Lipinski definition) is 4. The first-order valence-electron chi connectivity index (χ1n) is 8.11. The first-order chi connectivity index (χ1) is 12.7. The lowest BCUT2D eigenvalue weighted by atomic mass is 9.99. The lowest BCUT2D eigenvalue weighted by Crippen LogP contribution is -1.95. The van der Waals surface area contributed by atoms with Crippen molar-refractivity contribution in [2.24, 2.45) is 0 Å². The number of rotatable bonds is 5. The Balaban J connectivity index is 2.12. The van der Waals surface area contributed by atoms with Gasteiger partial charge in [-0.2, -0.15) is 5.26 Å². The van der Waals surface area contributed by atoms with E-state index in [1.54, 1.807) is 39.5 Å². The first-order valence-corrected chi connectivity index (χ1v) is 8.11. The molecular formula is C22H19NO3. The molecule has 0 radical (unpaired) electrons. The van der Waals surface area contributed by atoms with E-state index in [2.05, 4.69) is 6.07 Å². The minimum Gasteiger partial charge on any atom is -0.496 e. The second kappa shape index (κ2) is 7.62. The van der Waals surface area contributed by atoms with Crippen LogP contribution in [0.25, 0.3) is 22.4 Å². The van der Waals surface area contributed by atoms with E-state index >= 15 is 0 Å². The number of nitrogens with zero attached hydrogens (tertiary/aromatic N) is 1. The Morgan fingerprint density at radius 1 is 0.808 bits per heavy atom. The summed E-state index contributed by atoms with van der Waals surface area (Å²) >= 11 is 0. The standard InChI is InChI=1S/C22H19NO3/c1-24-20-13-22(26-3)21(25-2)12-18(20)11-19(14-23)17-9-8-15-6-4-5-7-16(15)10-17/h4-13H,1-3H3/b19-11-. The summed E-state index contributed by atoms with van der Waals surface area (Å²) in [5.74, 6) is 1.76. The average Bonchev–Trinajstić information content (AvgIpc) is 2.70. The molecule has 4 nitrogen and oxygen atoms in total. The number of fused-ring (bicyclic) bond motifs is 1. The molecule has 0 aliphatic rings. The topological polar surface area (TPSA) is 51.5 Å². The van der Waals surface area contributed by atoms with E-state index in [-0.39, 0.29) is 0 Å². The Labute approximate surface area is 152 Å². The molecule has 0 aromatic heterocycles. The smallest absolute Gasteiger partial charge is 0.164 e. The van der Waals surface area contributed by atoms with Gasteiger partial charge in [-0.1, -0.05) is 36.4 Å². The van der Waals surface area contributed by atoms with Crippen LogP contribution in [0.1, 0.15) is 11.1 Å². The highest BCUT2D eigenvalue weighted by molar-refractivity contribution is 5.95. The Morgan fingerprint density at radius 3 is 2.12 bits per heavy atom. The second-order valence-electron chi connectivity index (χ2n) is 5.68. The van der Waals surface area contributed by atoms with Gasteiger partial charge in [0.05, 0.1) is 33.0 Å². The predicted molar refractivity (Wildman–Crippen MR) is 104 cm³/mol. The van der Waals surface area contributed by atoms with E-state index in [0.29, 0.717) is 22.8 Å². The molecule has 26 heavy (non-hydrogen) atoms. The first kappa shape index (κ1) is 17.4. The van der Waals surface area contributed by atoms with Crippen LogP contribution in [0.2, 0.25) is 0 Å². The van der Waals surface area contributed by atoms with Gasteiger partial charge in [-0.3, -0.25) is 0 Å². The molecule has 0 unspecified atom stereocenters. The summed E-state index contributed by atoms with van der Waals surface area (Å²) in [6.45, 7) is 0. The molecule has 0 fully saturated rings. The van der Waals surface area contributed by atoms with Gasteiger partial charge in [0.15, 0.2) is 11.5 Å². The van der Waals surface area contributed by atoms with Gasteiger partial charge in [0.2, 0.25) is 0 Å². The number of hydrogen-bond donors (Lipinski definition) is 0. The van der Waals surface area contributed by atoms with E-state index in [1.165, 1.54) is 0 Å². The number of allylic oxidation sites excluding steroid dienone is 1. The minimum atomic E-state index is 0.543. The lowest BCUT2D eigenvalue weighted by Gasteiger charge is -2.12. The molecule has 0 heterocycles. The van der Waals surface area contributed by atoms with Gasteiger partial charge in [-0.15, -0.1) is 0 Å². The largest absolute Gasteiger partial charge is 0.496 e. The summed E-state index contributed by atoms with van der Waals surface area (Å²) in [5.41, 5.74) is 2.14. The summed E-state index contributed by atoms with van der Waals surface area (Å²) < 4.78 is 16.1. The van der Waals surface area contributed by atoms with E-state index in [0.717, 1.165) is 21.9 Å². The fourth-order valence-corrected chi connectivity index (χ4v) is 2.86. The van der Waals surface area contributed by atoms with Crippen LogP contribution in [-0.4, -0.2) is 21.3 Å². The Hall–Kier alpha value is -3.45. The number of benzene rings is 3. The summed E-state index contributed by atoms with van der Waals surface area (Å²) in [5, 5.41) is 11.9. The lowest BCUT2D eigenvalue weighted by molar-refractivity contribution is 0.348. The van der Waals surface area contributed by atoms with E-state index in [1.807, 2.05) is 42.5 Å². The molecule has 3 aromatic carbocycles. The van der Waals surface area contributed by atoms with Gasteiger partial charge in [0.25, 0.3) is 0 Å².